The molecule has 0 aliphatic rings. The summed E-state index contributed by atoms with van der Waals surface area (Å²) in [5.74, 6) is -0.208. The molecule has 2 aromatic heterocycles. The third-order valence-corrected chi connectivity index (χ3v) is 4.84. The summed E-state index contributed by atoms with van der Waals surface area (Å²) in [6.07, 6.45) is 0. The van der Waals surface area contributed by atoms with Crippen molar-refractivity contribution in [1.82, 2.24) is 9.97 Å². The molecule has 0 saturated carbocycles. The summed E-state index contributed by atoms with van der Waals surface area (Å²) in [7, 11) is 0. The molecular weight excluding hydrogens is 312 g/mol. The first-order chi connectivity index (χ1) is 10.9. The van der Waals surface area contributed by atoms with Gasteiger partial charge in [0.25, 0.3) is 11.5 Å². The number of carbonyl (C=O) groups is 1. The van der Waals surface area contributed by atoms with E-state index in [-0.39, 0.29) is 17.4 Å². The molecule has 0 spiro atoms. The van der Waals surface area contributed by atoms with Crippen LogP contribution in [0.2, 0.25) is 0 Å². The number of rotatable bonds is 2. The van der Waals surface area contributed by atoms with Gasteiger partial charge in [-0.2, -0.15) is 0 Å². The number of nitrogens with zero attached hydrogens (tertiary/aromatic N) is 1. The van der Waals surface area contributed by atoms with Crippen molar-refractivity contribution in [1.29, 1.82) is 0 Å². The lowest BCUT2D eigenvalue weighted by atomic mass is 10.1. The highest BCUT2D eigenvalue weighted by Crippen LogP contribution is 2.28. The molecule has 4 N–H and O–H groups in total. The number of benzene rings is 1. The van der Waals surface area contributed by atoms with Gasteiger partial charge in [0.05, 0.1) is 10.3 Å². The number of nitrogens with one attached hydrogen (secondary N) is 2. The monoisotopic (exact) mass is 328 g/mol. The number of aromatic nitrogens is 2. The molecule has 0 saturated heterocycles. The van der Waals surface area contributed by atoms with E-state index in [1.54, 1.807) is 6.92 Å². The van der Waals surface area contributed by atoms with Crippen LogP contribution in [0.5, 0.6) is 0 Å². The van der Waals surface area contributed by atoms with E-state index in [1.165, 1.54) is 11.3 Å². The molecule has 3 rings (SSSR count). The van der Waals surface area contributed by atoms with Crippen molar-refractivity contribution < 1.29 is 4.79 Å². The van der Waals surface area contributed by atoms with E-state index in [2.05, 4.69) is 15.3 Å². The SMILES string of the molecule is Cc1ccc(NC(=O)c2sc3nc(N)[nH]c(=O)c3c2C)c(C)c1. The van der Waals surface area contributed by atoms with Crippen LogP contribution >= 0.6 is 11.3 Å². The zero-order valence-corrected chi connectivity index (χ0v) is 13.8. The number of carbonyl (C=O) groups excluding carboxylic acids is 1. The van der Waals surface area contributed by atoms with Gasteiger partial charge in [-0.1, -0.05) is 17.7 Å². The van der Waals surface area contributed by atoms with Crippen LogP contribution in [-0.2, 0) is 0 Å². The molecule has 0 atom stereocenters. The van der Waals surface area contributed by atoms with Crippen molar-refractivity contribution in [3.8, 4) is 0 Å². The van der Waals surface area contributed by atoms with E-state index in [9.17, 15) is 9.59 Å². The van der Waals surface area contributed by atoms with Crippen molar-refractivity contribution in [3.05, 3.63) is 50.1 Å². The number of hydrogen-bond acceptors (Lipinski definition) is 5. The lowest BCUT2D eigenvalue weighted by Gasteiger charge is -2.08. The average Bonchev–Trinajstić information content (AvgIpc) is 2.79. The van der Waals surface area contributed by atoms with Crippen LogP contribution in [0.15, 0.2) is 23.0 Å². The van der Waals surface area contributed by atoms with Crippen molar-refractivity contribution >= 4 is 39.1 Å². The molecule has 3 aromatic rings. The number of nitrogen functional groups attached to an aromatic ring is 1. The molecule has 7 heteroatoms. The third-order valence-electron chi connectivity index (χ3n) is 3.66. The van der Waals surface area contributed by atoms with Crippen LogP contribution in [0.25, 0.3) is 10.2 Å². The van der Waals surface area contributed by atoms with Gasteiger partial charge < -0.3 is 11.1 Å². The molecule has 2 heterocycles. The summed E-state index contributed by atoms with van der Waals surface area (Å²) < 4.78 is 0. The maximum atomic E-state index is 12.6. The van der Waals surface area contributed by atoms with Gasteiger partial charge in [-0.25, -0.2) is 4.98 Å². The highest BCUT2D eigenvalue weighted by Gasteiger charge is 2.19. The highest BCUT2D eigenvalue weighted by molar-refractivity contribution is 7.20. The number of H-pyrrole nitrogens is 1. The Morgan fingerprint density at radius 1 is 1.30 bits per heavy atom. The largest absolute Gasteiger partial charge is 0.369 e. The minimum atomic E-state index is -0.327. The average molecular weight is 328 g/mol. The van der Waals surface area contributed by atoms with Crippen molar-refractivity contribution in [2.45, 2.75) is 20.8 Å². The Balaban J connectivity index is 2.03. The predicted octanol–water partition coefficient (Wildman–Crippen LogP) is 2.74. The number of thiophene rings is 1. The second-order valence-corrected chi connectivity index (χ2v) is 6.46. The van der Waals surface area contributed by atoms with Gasteiger partial charge in [-0.05, 0) is 38.0 Å². The lowest BCUT2D eigenvalue weighted by molar-refractivity contribution is 0.103. The Bertz CT molecular complexity index is 988. The Labute approximate surface area is 136 Å². The second-order valence-electron chi connectivity index (χ2n) is 5.46. The predicted molar refractivity (Wildman–Crippen MR) is 93.3 cm³/mol. The van der Waals surface area contributed by atoms with E-state index in [1.807, 2.05) is 32.0 Å². The minimum Gasteiger partial charge on any atom is -0.369 e. The van der Waals surface area contributed by atoms with Gasteiger partial charge in [0.2, 0.25) is 5.95 Å². The van der Waals surface area contributed by atoms with Crippen LogP contribution in [0.3, 0.4) is 0 Å². The number of amides is 1. The first-order valence-corrected chi connectivity index (χ1v) is 7.86. The number of nitrogens with two attached hydrogens (primary N) is 1. The molecule has 0 aliphatic carbocycles. The molecular formula is C16H16N4O2S. The van der Waals surface area contributed by atoms with E-state index in [0.29, 0.717) is 20.7 Å². The van der Waals surface area contributed by atoms with Crippen LogP contribution in [0.1, 0.15) is 26.4 Å². The van der Waals surface area contributed by atoms with Crippen molar-refractivity contribution in [3.63, 3.8) is 0 Å². The molecule has 1 aromatic carbocycles. The molecule has 0 fully saturated rings. The van der Waals surface area contributed by atoms with Crippen LogP contribution in [0.4, 0.5) is 11.6 Å². The quantitative estimate of drug-likeness (QED) is 0.673. The second kappa shape index (κ2) is 5.51. The highest BCUT2D eigenvalue weighted by atomic mass is 32.1. The topological polar surface area (TPSA) is 101 Å². The fourth-order valence-electron chi connectivity index (χ4n) is 2.51. The molecule has 0 bridgehead atoms. The smallest absolute Gasteiger partial charge is 0.266 e. The van der Waals surface area contributed by atoms with Gasteiger partial charge in [0.1, 0.15) is 4.83 Å². The zero-order chi connectivity index (χ0) is 16.7. The summed E-state index contributed by atoms with van der Waals surface area (Å²) in [5.41, 5.74) is 8.70. The van der Waals surface area contributed by atoms with E-state index in [4.69, 9.17) is 5.73 Å². The molecule has 1 amide bonds. The summed E-state index contributed by atoms with van der Waals surface area (Å²) >= 11 is 1.17. The van der Waals surface area contributed by atoms with Gasteiger partial charge in [0.15, 0.2) is 0 Å². The summed E-state index contributed by atoms with van der Waals surface area (Å²) in [4.78, 5) is 32.1. The number of aromatic amines is 1. The van der Waals surface area contributed by atoms with Crippen molar-refractivity contribution in [2.24, 2.45) is 0 Å². The molecule has 118 valence electrons. The number of hydrogen-bond donors (Lipinski definition) is 3. The first-order valence-electron chi connectivity index (χ1n) is 7.04. The Kier molecular flexibility index (Phi) is 3.65. The standard InChI is InChI=1S/C16H16N4O2S/c1-7-4-5-10(8(2)6-7)18-14(22)12-9(3)11-13(21)19-16(17)20-15(11)23-12/h4-6H,1-3H3,(H,18,22)(H3,17,19,20,21). The molecule has 6 nitrogen and oxygen atoms in total. The fourth-order valence-corrected chi connectivity index (χ4v) is 3.59. The van der Waals surface area contributed by atoms with Gasteiger partial charge in [0, 0.05) is 5.69 Å². The van der Waals surface area contributed by atoms with E-state index >= 15 is 0 Å². The maximum Gasteiger partial charge on any atom is 0.266 e. The van der Waals surface area contributed by atoms with Crippen LogP contribution in [-0.4, -0.2) is 15.9 Å². The lowest BCUT2D eigenvalue weighted by Crippen LogP contribution is -2.13. The zero-order valence-electron chi connectivity index (χ0n) is 13.0. The Morgan fingerprint density at radius 3 is 2.74 bits per heavy atom. The normalized spacial score (nSPS) is 10.9. The Hall–Kier alpha value is -2.67. The third kappa shape index (κ3) is 2.70. The molecule has 0 unspecified atom stereocenters. The number of anilines is 2. The first kappa shape index (κ1) is 15.2. The molecule has 0 aliphatic heterocycles. The maximum absolute atomic E-state index is 12.6. The minimum absolute atomic E-state index is 0.0464. The van der Waals surface area contributed by atoms with Gasteiger partial charge in [-0.15, -0.1) is 11.3 Å². The number of fused-ring (bicyclic) bond motifs is 1. The Morgan fingerprint density at radius 2 is 2.04 bits per heavy atom. The van der Waals surface area contributed by atoms with Crippen LogP contribution in [0, 0.1) is 20.8 Å². The fraction of sp³-hybridized carbons (Fsp3) is 0.188. The summed E-state index contributed by atoms with van der Waals surface area (Å²) in [5, 5.41) is 3.30. The molecule has 0 radical (unpaired) electrons. The van der Waals surface area contributed by atoms with Gasteiger partial charge >= 0.3 is 0 Å². The number of aryl methyl sites for hydroxylation is 3. The summed E-state index contributed by atoms with van der Waals surface area (Å²) in [6, 6.07) is 5.81. The van der Waals surface area contributed by atoms with Gasteiger partial charge in [-0.3, -0.25) is 14.6 Å². The van der Waals surface area contributed by atoms with Crippen LogP contribution < -0.4 is 16.6 Å². The van der Waals surface area contributed by atoms with Crippen molar-refractivity contribution in [2.75, 3.05) is 11.1 Å². The van der Waals surface area contributed by atoms with E-state index in [0.717, 1.165) is 16.8 Å². The summed E-state index contributed by atoms with van der Waals surface area (Å²) in [6.45, 7) is 5.67. The molecule has 23 heavy (non-hydrogen) atoms. The van der Waals surface area contributed by atoms with E-state index < -0.39 is 0 Å².